The summed E-state index contributed by atoms with van der Waals surface area (Å²) >= 11 is 7.31. The highest BCUT2D eigenvalue weighted by Gasteiger charge is 2.22. The second kappa shape index (κ2) is 9.32. The minimum Gasteiger partial charge on any atom is -0.497 e. The fourth-order valence-electron chi connectivity index (χ4n) is 3.28. The number of anilines is 3. The van der Waals surface area contributed by atoms with Crippen molar-refractivity contribution in [1.82, 2.24) is 14.9 Å². The molecule has 1 aliphatic rings. The number of pyridine rings is 1. The Bertz CT molecular complexity index is 985. The zero-order valence-electron chi connectivity index (χ0n) is 16.5. The summed E-state index contributed by atoms with van der Waals surface area (Å²) in [6, 6.07) is 11.6. The number of halogens is 1. The highest BCUT2D eigenvalue weighted by atomic mass is 35.5. The second-order valence-corrected chi connectivity index (χ2v) is 8.17. The highest BCUT2D eigenvalue weighted by Crippen LogP contribution is 2.23. The summed E-state index contributed by atoms with van der Waals surface area (Å²) < 4.78 is 5.21. The van der Waals surface area contributed by atoms with Crippen molar-refractivity contribution < 1.29 is 9.53 Å². The minimum atomic E-state index is 0.103. The van der Waals surface area contributed by atoms with Crippen molar-refractivity contribution in [3.05, 3.63) is 58.7 Å². The van der Waals surface area contributed by atoms with Crippen molar-refractivity contribution in [2.24, 2.45) is 0 Å². The van der Waals surface area contributed by atoms with Crippen LogP contribution in [0.1, 0.15) is 5.69 Å². The molecule has 0 saturated carbocycles. The fourth-order valence-corrected chi connectivity index (χ4v) is 4.11. The third kappa shape index (κ3) is 5.01. The Hall–Kier alpha value is -2.84. The fraction of sp³-hybridized carbons (Fsp3) is 0.286. The molecular weight excluding hydrogens is 422 g/mol. The molecule has 156 valence electrons. The topological polar surface area (TPSA) is 70.6 Å². The van der Waals surface area contributed by atoms with Gasteiger partial charge in [-0.25, -0.2) is 9.97 Å². The predicted octanol–water partition coefficient (Wildman–Crippen LogP) is 3.84. The first-order valence-corrected chi connectivity index (χ1v) is 10.9. The van der Waals surface area contributed by atoms with Gasteiger partial charge in [-0.05, 0) is 36.4 Å². The van der Waals surface area contributed by atoms with Gasteiger partial charge in [0.1, 0.15) is 11.6 Å². The third-order valence-corrected chi connectivity index (χ3v) is 5.95. The van der Waals surface area contributed by atoms with Crippen LogP contribution in [-0.4, -0.2) is 54.1 Å². The molecule has 1 N–H and O–H groups in total. The van der Waals surface area contributed by atoms with E-state index in [2.05, 4.69) is 32.3 Å². The van der Waals surface area contributed by atoms with Gasteiger partial charge in [0.15, 0.2) is 5.13 Å². The number of hydrogen-bond donors (Lipinski definition) is 1. The number of nitrogens with zero attached hydrogens (tertiary/aromatic N) is 4. The average Bonchev–Trinajstić information content (AvgIpc) is 3.22. The molecule has 0 unspecified atom stereocenters. The SMILES string of the molecule is COc1ccc(N2CCN(C(=O)Cc3csc(Nc4ccc(Cl)cn4)n3)CC2)cc1. The summed E-state index contributed by atoms with van der Waals surface area (Å²) in [5.74, 6) is 1.61. The van der Waals surface area contributed by atoms with Gasteiger partial charge in [0.2, 0.25) is 5.91 Å². The van der Waals surface area contributed by atoms with Crippen LogP contribution in [0.3, 0.4) is 0 Å². The normalized spacial score (nSPS) is 13.9. The molecule has 30 heavy (non-hydrogen) atoms. The summed E-state index contributed by atoms with van der Waals surface area (Å²) in [6.07, 6.45) is 1.88. The van der Waals surface area contributed by atoms with Crippen molar-refractivity contribution in [2.45, 2.75) is 6.42 Å². The largest absolute Gasteiger partial charge is 0.497 e. The first kappa shape index (κ1) is 20.4. The van der Waals surface area contributed by atoms with Gasteiger partial charge < -0.3 is 19.9 Å². The van der Waals surface area contributed by atoms with Crippen LogP contribution in [-0.2, 0) is 11.2 Å². The number of aromatic nitrogens is 2. The van der Waals surface area contributed by atoms with Crippen LogP contribution in [0.5, 0.6) is 5.75 Å². The molecule has 0 spiro atoms. The lowest BCUT2D eigenvalue weighted by Gasteiger charge is -2.36. The lowest BCUT2D eigenvalue weighted by molar-refractivity contribution is -0.130. The number of methoxy groups -OCH3 is 1. The van der Waals surface area contributed by atoms with Gasteiger partial charge in [0.25, 0.3) is 0 Å². The van der Waals surface area contributed by atoms with Crippen LogP contribution in [0.15, 0.2) is 48.0 Å². The lowest BCUT2D eigenvalue weighted by Crippen LogP contribution is -2.49. The van der Waals surface area contributed by atoms with Gasteiger partial charge in [-0.15, -0.1) is 11.3 Å². The molecule has 0 bridgehead atoms. The molecule has 0 radical (unpaired) electrons. The van der Waals surface area contributed by atoms with Crippen LogP contribution in [0, 0.1) is 0 Å². The Labute approximate surface area is 184 Å². The molecule has 1 fully saturated rings. The van der Waals surface area contributed by atoms with Gasteiger partial charge >= 0.3 is 0 Å². The van der Waals surface area contributed by atoms with Crippen LogP contribution in [0.4, 0.5) is 16.6 Å². The summed E-state index contributed by atoms with van der Waals surface area (Å²) in [4.78, 5) is 25.6. The van der Waals surface area contributed by atoms with E-state index in [1.807, 2.05) is 22.4 Å². The molecule has 1 aliphatic heterocycles. The quantitative estimate of drug-likeness (QED) is 0.624. The predicted molar refractivity (Wildman–Crippen MR) is 120 cm³/mol. The zero-order chi connectivity index (χ0) is 20.9. The molecule has 3 aromatic rings. The molecule has 0 aliphatic carbocycles. The summed E-state index contributed by atoms with van der Waals surface area (Å²) in [6.45, 7) is 3.03. The van der Waals surface area contributed by atoms with Crippen molar-refractivity contribution >= 4 is 45.5 Å². The van der Waals surface area contributed by atoms with Crippen molar-refractivity contribution in [3.63, 3.8) is 0 Å². The van der Waals surface area contributed by atoms with Crippen LogP contribution < -0.4 is 15.0 Å². The maximum absolute atomic E-state index is 12.7. The van der Waals surface area contributed by atoms with E-state index >= 15 is 0 Å². The maximum atomic E-state index is 12.7. The number of amides is 1. The average molecular weight is 444 g/mol. The van der Waals surface area contributed by atoms with E-state index in [9.17, 15) is 4.79 Å². The van der Waals surface area contributed by atoms with E-state index in [0.717, 1.165) is 30.2 Å². The third-order valence-electron chi connectivity index (χ3n) is 4.92. The van der Waals surface area contributed by atoms with E-state index in [-0.39, 0.29) is 5.91 Å². The molecule has 1 amide bonds. The van der Waals surface area contributed by atoms with Gasteiger partial charge in [-0.1, -0.05) is 11.6 Å². The number of rotatable bonds is 6. The number of ether oxygens (including phenoxy) is 1. The monoisotopic (exact) mass is 443 g/mol. The molecule has 0 atom stereocenters. The minimum absolute atomic E-state index is 0.103. The number of carbonyl (C=O) groups is 1. The number of thiazole rings is 1. The standard InChI is InChI=1S/C21H22ClN5O2S/c1-29-18-5-3-17(4-6-18)26-8-10-27(11-9-26)20(28)12-16-14-30-21(24-16)25-19-7-2-15(22)13-23-19/h2-7,13-14H,8-12H2,1H3,(H,23,24,25). The molecule has 1 aromatic carbocycles. The summed E-state index contributed by atoms with van der Waals surface area (Å²) in [7, 11) is 1.66. The molecule has 1 saturated heterocycles. The first-order chi connectivity index (χ1) is 14.6. The smallest absolute Gasteiger partial charge is 0.228 e. The second-order valence-electron chi connectivity index (χ2n) is 6.87. The number of nitrogens with one attached hydrogen (secondary N) is 1. The van der Waals surface area contributed by atoms with Crippen LogP contribution in [0.2, 0.25) is 5.02 Å². The van der Waals surface area contributed by atoms with E-state index < -0.39 is 0 Å². The Morgan fingerprint density at radius 3 is 2.60 bits per heavy atom. The van der Waals surface area contributed by atoms with E-state index in [4.69, 9.17) is 16.3 Å². The summed E-state index contributed by atoms with van der Waals surface area (Å²) in [5, 5.41) is 6.33. The van der Waals surface area contributed by atoms with E-state index in [0.29, 0.717) is 35.5 Å². The van der Waals surface area contributed by atoms with E-state index in [1.165, 1.54) is 11.3 Å². The first-order valence-electron chi connectivity index (χ1n) is 9.60. The zero-order valence-corrected chi connectivity index (χ0v) is 18.1. The Kier molecular flexibility index (Phi) is 6.35. The Morgan fingerprint density at radius 1 is 1.17 bits per heavy atom. The van der Waals surface area contributed by atoms with Crippen LogP contribution in [0.25, 0.3) is 0 Å². The van der Waals surface area contributed by atoms with Crippen molar-refractivity contribution in [2.75, 3.05) is 43.5 Å². The molecule has 3 heterocycles. The molecular formula is C21H22ClN5O2S. The molecule has 2 aromatic heterocycles. The van der Waals surface area contributed by atoms with Crippen LogP contribution >= 0.6 is 22.9 Å². The highest BCUT2D eigenvalue weighted by molar-refractivity contribution is 7.13. The molecule has 4 rings (SSSR count). The van der Waals surface area contributed by atoms with E-state index in [1.54, 1.807) is 25.4 Å². The number of hydrogen-bond acceptors (Lipinski definition) is 7. The van der Waals surface area contributed by atoms with Gasteiger partial charge in [0, 0.05) is 43.4 Å². The van der Waals surface area contributed by atoms with Gasteiger partial charge in [-0.2, -0.15) is 0 Å². The molecule has 9 heteroatoms. The Balaban J connectivity index is 1.28. The number of piperazine rings is 1. The summed E-state index contributed by atoms with van der Waals surface area (Å²) in [5.41, 5.74) is 1.91. The number of benzene rings is 1. The van der Waals surface area contributed by atoms with Gasteiger partial charge in [-0.3, -0.25) is 4.79 Å². The van der Waals surface area contributed by atoms with Crippen molar-refractivity contribution in [3.8, 4) is 5.75 Å². The number of carbonyl (C=O) groups excluding carboxylic acids is 1. The van der Waals surface area contributed by atoms with Gasteiger partial charge in [0.05, 0.1) is 24.2 Å². The molecule has 7 nitrogen and oxygen atoms in total. The lowest BCUT2D eigenvalue weighted by atomic mass is 10.2. The van der Waals surface area contributed by atoms with Crippen molar-refractivity contribution in [1.29, 1.82) is 0 Å². The Morgan fingerprint density at radius 2 is 1.93 bits per heavy atom. The maximum Gasteiger partial charge on any atom is 0.228 e.